The van der Waals surface area contributed by atoms with Crippen LogP contribution in [0.1, 0.15) is 57.7 Å². The fourth-order valence-corrected chi connectivity index (χ4v) is 2.75. The Hall–Kier alpha value is -1.47. The summed E-state index contributed by atoms with van der Waals surface area (Å²) < 4.78 is 5.47. The number of piperidine rings is 1. The maximum Gasteiger partial charge on any atom is 0.220 e. The van der Waals surface area contributed by atoms with Gasteiger partial charge in [0.15, 0.2) is 0 Å². The number of nitrogens with zero attached hydrogens (tertiary/aromatic N) is 3. The van der Waals surface area contributed by atoms with Gasteiger partial charge in [0.05, 0.1) is 6.10 Å². The Morgan fingerprint density at radius 2 is 2.08 bits per heavy atom. The van der Waals surface area contributed by atoms with Gasteiger partial charge in [0.2, 0.25) is 17.7 Å². The molecule has 0 saturated carbocycles. The molecule has 1 atom stereocenters. The third-order valence-corrected chi connectivity index (χ3v) is 4.42. The van der Waals surface area contributed by atoms with Crippen molar-refractivity contribution in [2.24, 2.45) is 5.92 Å². The number of likely N-dealkylation sites (tertiary alicyclic amines) is 1. The van der Waals surface area contributed by atoms with Crippen molar-refractivity contribution in [1.29, 1.82) is 0 Å². The van der Waals surface area contributed by atoms with Crippen molar-refractivity contribution >= 4 is 5.91 Å². The van der Waals surface area contributed by atoms with Crippen LogP contribution in [0.25, 0.3) is 0 Å². The molecular weight excluding hydrogens is 308 g/mol. The van der Waals surface area contributed by atoms with E-state index in [-0.39, 0.29) is 24.8 Å². The second-order valence-corrected chi connectivity index (χ2v) is 7.13. The van der Waals surface area contributed by atoms with Crippen LogP contribution in [0.5, 0.6) is 0 Å². The number of aliphatic hydroxyl groups is 1. The van der Waals surface area contributed by atoms with Gasteiger partial charge in [-0.2, -0.15) is 0 Å². The topological polar surface area (TPSA) is 91.5 Å². The molecule has 0 radical (unpaired) electrons. The van der Waals surface area contributed by atoms with Crippen LogP contribution >= 0.6 is 0 Å². The largest absolute Gasteiger partial charge is 0.425 e. The Balaban J connectivity index is 1.61. The van der Waals surface area contributed by atoms with Crippen molar-refractivity contribution in [2.45, 2.75) is 58.5 Å². The smallest absolute Gasteiger partial charge is 0.220 e. The molecule has 136 valence electrons. The van der Waals surface area contributed by atoms with Crippen molar-refractivity contribution in [3.8, 4) is 0 Å². The van der Waals surface area contributed by atoms with Crippen LogP contribution in [-0.4, -0.2) is 58.4 Å². The van der Waals surface area contributed by atoms with E-state index in [1.54, 1.807) is 0 Å². The van der Waals surface area contributed by atoms with Crippen molar-refractivity contribution < 1.29 is 14.3 Å². The van der Waals surface area contributed by atoms with Crippen LogP contribution < -0.4 is 5.32 Å². The molecule has 0 aromatic carbocycles. The predicted molar refractivity (Wildman–Crippen MR) is 90.6 cm³/mol. The quantitative estimate of drug-likeness (QED) is 0.743. The predicted octanol–water partition coefficient (Wildman–Crippen LogP) is 1.33. The highest BCUT2D eigenvalue weighted by molar-refractivity contribution is 5.76. The van der Waals surface area contributed by atoms with E-state index in [2.05, 4.69) is 27.3 Å². The maximum absolute atomic E-state index is 11.9. The number of aliphatic hydroxyl groups excluding tert-OH is 1. The molecule has 0 bridgehead atoms. The number of β-amino-alcohol motifs (C(OH)–C–C–N with tert-alkyl or cyclic N) is 1. The summed E-state index contributed by atoms with van der Waals surface area (Å²) in [5.74, 6) is 1.94. The second-order valence-electron chi connectivity index (χ2n) is 7.13. The summed E-state index contributed by atoms with van der Waals surface area (Å²) in [5.41, 5.74) is 0. The highest BCUT2D eigenvalue weighted by Gasteiger charge is 2.18. The van der Waals surface area contributed by atoms with Gasteiger partial charge in [-0.3, -0.25) is 4.79 Å². The highest BCUT2D eigenvalue weighted by Crippen LogP contribution is 2.16. The summed E-state index contributed by atoms with van der Waals surface area (Å²) in [7, 11) is 0. The minimum Gasteiger partial charge on any atom is -0.425 e. The van der Waals surface area contributed by atoms with Crippen molar-refractivity contribution in [2.75, 3.05) is 26.2 Å². The molecule has 2 rings (SSSR count). The molecule has 1 fully saturated rings. The van der Waals surface area contributed by atoms with Gasteiger partial charge in [-0.1, -0.05) is 20.8 Å². The van der Waals surface area contributed by atoms with E-state index >= 15 is 0 Å². The normalized spacial score (nSPS) is 18.0. The van der Waals surface area contributed by atoms with Crippen molar-refractivity contribution in [3.05, 3.63) is 11.8 Å². The Labute approximate surface area is 143 Å². The average molecular weight is 338 g/mol. The zero-order chi connectivity index (χ0) is 17.5. The minimum absolute atomic E-state index is 0.106. The standard InChI is InChI=1S/C17H30N4O3/c1-12(2)17-20-19-16(24-17)5-4-15(23)18-10-14(22)11-21-8-6-13(3)7-9-21/h12-14,22H,4-11H2,1-3H3,(H,18,23). The molecule has 1 aromatic rings. The molecule has 1 amide bonds. The summed E-state index contributed by atoms with van der Waals surface area (Å²) in [6.07, 6.45) is 2.54. The molecule has 24 heavy (non-hydrogen) atoms. The molecule has 7 nitrogen and oxygen atoms in total. The SMILES string of the molecule is CC1CCN(CC(O)CNC(=O)CCc2nnc(C(C)C)o2)CC1. The van der Waals surface area contributed by atoms with E-state index < -0.39 is 6.10 Å². The molecule has 2 heterocycles. The van der Waals surface area contributed by atoms with Crippen LogP contribution in [0.2, 0.25) is 0 Å². The van der Waals surface area contributed by atoms with E-state index in [1.165, 1.54) is 12.8 Å². The van der Waals surface area contributed by atoms with E-state index in [0.29, 0.717) is 24.7 Å². The lowest BCUT2D eigenvalue weighted by Crippen LogP contribution is -2.43. The van der Waals surface area contributed by atoms with Gasteiger partial charge in [0.25, 0.3) is 0 Å². The van der Waals surface area contributed by atoms with Crippen LogP contribution in [0.3, 0.4) is 0 Å². The number of nitrogens with one attached hydrogen (secondary N) is 1. The fourth-order valence-electron chi connectivity index (χ4n) is 2.75. The van der Waals surface area contributed by atoms with Crippen LogP contribution in [0, 0.1) is 5.92 Å². The van der Waals surface area contributed by atoms with E-state index in [0.717, 1.165) is 19.0 Å². The van der Waals surface area contributed by atoms with Crippen molar-refractivity contribution in [1.82, 2.24) is 20.4 Å². The summed E-state index contributed by atoms with van der Waals surface area (Å²) in [6, 6.07) is 0. The third kappa shape index (κ3) is 6.20. The summed E-state index contributed by atoms with van der Waals surface area (Å²) in [4.78, 5) is 14.1. The lowest BCUT2D eigenvalue weighted by molar-refractivity contribution is -0.121. The highest BCUT2D eigenvalue weighted by atomic mass is 16.4. The maximum atomic E-state index is 11.9. The number of hydrogen-bond donors (Lipinski definition) is 2. The molecule has 1 aliphatic rings. The van der Waals surface area contributed by atoms with Gasteiger partial charge in [0.1, 0.15) is 0 Å². The third-order valence-electron chi connectivity index (χ3n) is 4.42. The lowest BCUT2D eigenvalue weighted by atomic mass is 9.99. The number of carbonyl (C=O) groups is 1. The molecule has 0 spiro atoms. The van der Waals surface area contributed by atoms with Crippen LogP contribution in [-0.2, 0) is 11.2 Å². The lowest BCUT2D eigenvalue weighted by Gasteiger charge is -2.31. The first-order chi connectivity index (χ1) is 11.4. The minimum atomic E-state index is -0.529. The Morgan fingerprint density at radius 3 is 2.71 bits per heavy atom. The van der Waals surface area contributed by atoms with Gasteiger partial charge in [0, 0.05) is 31.8 Å². The summed E-state index contributed by atoms with van der Waals surface area (Å²) in [5, 5.41) is 20.7. The van der Waals surface area contributed by atoms with E-state index in [4.69, 9.17) is 4.42 Å². The Kier molecular flexibility index (Phi) is 7.17. The molecule has 1 saturated heterocycles. The monoisotopic (exact) mass is 338 g/mol. The molecule has 2 N–H and O–H groups in total. The zero-order valence-electron chi connectivity index (χ0n) is 15.0. The molecule has 7 heteroatoms. The summed E-state index contributed by atoms with van der Waals surface area (Å²) in [6.45, 7) is 9.19. The van der Waals surface area contributed by atoms with Crippen molar-refractivity contribution in [3.63, 3.8) is 0 Å². The first-order valence-electron chi connectivity index (χ1n) is 8.93. The average Bonchev–Trinajstić information content (AvgIpc) is 3.02. The van der Waals surface area contributed by atoms with Crippen LogP contribution in [0.15, 0.2) is 4.42 Å². The first-order valence-corrected chi connectivity index (χ1v) is 8.93. The Morgan fingerprint density at radius 1 is 1.38 bits per heavy atom. The molecular formula is C17H30N4O3. The second kappa shape index (κ2) is 9.13. The molecule has 1 unspecified atom stereocenters. The number of amides is 1. The zero-order valence-corrected chi connectivity index (χ0v) is 15.0. The van der Waals surface area contributed by atoms with Gasteiger partial charge in [-0.05, 0) is 31.8 Å². The van der Waals surface area contributed by atoms with E-state index in [1.807, 2.05) is 13.8 Å². The molecule has 1 aliphatic heterocycles. The number of hydrogen-bond acceptors (Lipinski definition) is 6. The van der Waals surface area contributed by atoms with Gasteiger partial charge in [-0.25, -0.2) is 0 Å². The van der Waals surface area contributed by atoms with Crippen LogP contribution in [0.4, 0.5) is 0 Å². The van der Waals surface area contributed by atoms with Gasteiger partial charge >= 0.3 is 0 Å². The van der Waals surface area contributed by atoms with E-state index in [9.17, 15) is 9.90 Å². The van der Waals surface area contributed by atoms with Gasteiger partial charge in [-0.15, -0.1) is 10.2 Å². The van der Waals surface area contributed by atoms with Gasteiger partial charge < -0.3 is 19.7 Å². The summed E-state index contributed by atoms with van der Waals surface area (Å²) >= 11 is 0. The molecule has 1 aromatic heterocycles. The molecule has 0 aliphatic carbocycles. The number of carbonyl (C=O) groups excluding carboxylic acids is 1. The number of aryl methyl sites for hydroxylation is 1. The number of aromatic nitrogens is 2. The fraction of sp³-hybridized carbons (Fsp3) is 0.824. The number of rotatable bonds is 8. The Bertz CT molecular complexity index is 510. The first kappa shape index (κ1) is 18.9.